The van der Waals surface area contributed by atoms with E-state index in [0.717, 1.165) is 45.7 Å². The van der Waals surface area contributed by atoms with Crippen molar-refractivity contribution in [3.05, 3.63) is 57.6 Å². The zero-order chi connectivity index (χ0) is 21.1. The highest BCUT2D eigenvalue weighted by molar-refractivity contribution is 9.10. The lowest BCUT2D eigenvalue weighted by Crippen LogP contribution is -2.25. The minimum absolute atomic E-state index is 0.0918. The van der Waals surface area contributed by atoms with Gasteiger partial charge in [0.25, 0.3) is 5.91 Å². The fraction of sp³-hybridized carbons (Fsp3) is 0.391. The highest BCUT2D eigenvalue weighted by atomic mass is 79.9. The highest BCUT2D eigenvalue weighted by Gasteiger charge is 2.08. The Morgan fingerprint density at radius 3 is 2.41 bits per heavy atom. The number of benzene rings is 2. The molecule has 29 heavy (non-hydrogen) atoms. The van der Waals surface area contributed by atoms with E-state index in [1.807, 2.05) is 50.2 Å². The molecule has 156 valence electrons. The summed E-state index contributed by atoms with van der Waals surface area (Å²) in [6.07, 6.45) is 6.34. The third-order valence-corrected chi connectivity index (χ3v) is 4.78. The molecular weight excluding hydrogens is 432 g/mol. The molecule has 0 aliphatic rings. The van der Waals surface area contributed by atoms with Crippen molar-refractivity contribution in [3.63, 3.8) is 0 Å². The molecule has 1 N–H and O–H groups in total. The minimum Gasteiger partial charge on any atom is -0.494 e. The van der Waals surface area contributed by atoms with Crippen LogP contribution in [-0.2, 0) is 4.79 Å². The van der Waals surface area contributed by atoms with E-state index in [-0.39, 0.29) is 12.5 Å². The lowest BCUT2D eigenvalue weighted by atomic mass is 10.1. The monoisotopic (exact) mass is 460 g/mol. The number of amides is 1. The van der Waals surface area contributed by atoms with Crippen LogP contribution in [0, 0.1) is 13.8 Å². The molecule has 0 heterocycles. The molecule has 0 unspecified atom stereocenters. The quantitative estimate of drug-likeness (QED) is 0.271. The first kappa shape index (κ1) is 22.9. The van der Waals surface area contributed by atoms with E-state index in [2.05, 4.69) is 33.4 Å². The third-order valence-electron chi connectivity index (χ3n) is 4.32. The Balaban J connectivity index is 1.74. The molecule has 5 nitrogen and oxygen atoms in total. The average Bonchev–Trinajstić information content (AvgIpc) is 2.68. The largest absolute Gasteiger partial charge is 0.494 e. The molecule has 0 aliphatic heterocycles. The number of unbranched alkanes of at least 4 members (excludes halogenated alkanes) is 3. The van der Waals surface area contributed by atoms with Crippen molar-refractivity contribution in [2.75, 3.05) is 13.2 Å². The number of halogens is 1. The van der Waals surface area contributed by atoms with Gasteiger partial charge in [-0.3, -0.25) is 4.79 Å². The van der Waals surface area contributed by atoms with Gasteiger partial charge in [-0.25, -0.2) is 5.43 Å². The van der Waals surface area contributed by atoms with Crippen LogP contribution in [0.3, 0.4) is 0 Å². The van der Waals surface area contributed by atoms with Crippen LogP contribution in [0.25, 0.3) is 0 Å². The summed E-state index contributed by atoms with van der Waals surface area (Å²) in [5.74, 6) is 1.25. The van der Waals surface area contributed by atoms with Gasteiger partial charge < -0.3 is 9.47 Å². The first-order valence-corrected chi connectivity index (χ1v) is 10.7. The molecule has 0 spiro atoms. The van der Waals surface area contributed by atoms with Crippen molar-refractivity contribution in [3.8, 4) is 11.5 Å². The number of hydrazone groups is 1. The average molecular weight is 461 g/mol. The van der Waals surface area contributed by atoms with Crippen LogP contribution >= 0.6 is 15.9 Å². The molecule has 6 heteroatoms. The summed E-state index contributed by atoms with van der Waals surface area (Å²) in [5.41, 5.74) is 5.31. The van der Waals surface area contributed by atoms with Crippen LogP contribution in [0.2, 0.25) is 0 Å². The summed E-state index contributed by atoms with van der Waals surface area (Å²) in [6, 6.07) is 11.5. The van der Waals surface area contributed by atoms with Crippen molar-refractivity contribution in [2.45, 2.75) is 46.5 Å². The predicted octanol–water partition coefficient (Wildman–Crippen LogP) is 5.55. The molecule has 0 radical (unpaired) electrons. The number of ether oxygens (including phenoxy) is 2. The van der Waals surface area contributed by atoms with E-state index >= 15 is 0 Å². The molecule has 2 rings (SSSR count). The van der Waals surface area contributed by atoms with Crippen LogP contribution in [0.15, 0.2) is 46.0 Å². The smallest absolute Gasteiger partial charge is 0.277 e. The standard InChI is InChI=1S/C23H29BrN2O3/c1-4-5-6-7-12-28-21-10-8-19(9-11-21)15-25-26-22(27)16-29-23-17(2)13-20(24)14-18(23)3/h8-11,13-15H,4-7,12,16H2,1-3H3,(H,26,27)/b25-15+. The molecule has 0 atom stereocenters. The maximum atomic E-state index is 12.0. The molecule has 2 aromatic carbocycles. The van der Waals surface area contributed by atoms with Gasteiger partial charge in [0.1, 0.15) is 11.5 Å². The minimum atomic E-state index is -0.310. The van der Waals surface area contributed by atoms with Gasteiger partial charge in [0, 0.05) is 4.47 Å². The van der Waals surface area contributed by atoms with Crippen LogP contribution in [-0.4, -0.2) is 25.3 Å². The van der Waals surface area contributed by atoms with Gasteiger partial charge >= 0.3 is 0 Å². The maximum absolute atomic E-state index is 12.0. The number of nitrogens with zero attached hydrogens (tertiary/aromatic N) is 1. The van der Waals surface area contributed by atoms with Crippen LogP contribution < -0.4 is 14.9 Å². The normalized spacial score (nSPS) is 10.9. The summed E-state index contributed by atoms with van der Waals surface area (Å²) in [7, 11) is 0. The number of carbonyl (C=O) groups excluding carboxylic acids is 1. The Morgan fingerprint density at radius 2 is 1.76 bits per heavy atom. The Kier molecular flexibility index (Phi) is 9.71. The number of hydrogen-bond acceptors (Lipinski definition) is 4. The third kappa shape index (κ3) is 8.28. The first-order chi connectivity index (χ1) is 14.0. The van der Waals surface area contributed by atoms with Gasteiger partial charge in [0.2, 0.25) is 0 Å². The molecule has 0 saturated heterocycles. The van der Waals surface area contributed by atoms with Gasteiger partial charge in [-0.15, -0.1) is 0 Å². The first-order valence-electron chi connectivity index (χ1n) is 9.94. The molecule has 0 aromatic heterocycles. The van der Waals surface area contributed by atoms with Crippen LogP contribution in [0.1, 0.15) is 49.3 Å². The fourth-order valence-corrected chi connectivity index (χ4v) is 3.53. The Labute approximate surface area is 181 Å². The van der Waals surface area contributed by atoms with Gasteiger partial charge in [0.05, 0.1) is 12.8 Å². The predicted molar refractivity (Wildman–Crippen MR) is 121 cm³/mol. The molecular formula is C23H29BrN2O3. The van der Waals surface area contributed by atoms with Gasteiger partial charge in [-0.05, 0) is 73.4 Å². The topological polar surface area (TPSA) is 59.9 Å². The molecule has 2 aromatic rings. The molecule has 0 saturated carbocycles. The van der Waals surface area contributed by atoms with E-state index in [4.69, 9.17) is 9.47 Å². The van der Waals surface area contributed by atoms with E-state index in [1.54, 1.807) is 6.21 Å². The second-order valence-electron chi connectivity index (χ2n) is 6.93. The van der Waals surface area contributed by atoms with Crippen molar-refractivity contribution in [1.82, 2.24) is 5.43 Å². The summed E-state index contributed by atoms with van der Waals surface area (Å²) in [4.78, 5) is 12.0. The Morgan fingerprint density at radius 1 is 1.07 bits per heavy atom. The summed E-state index contributed by atoms with van der Waals surface area (Å²) in [6.45, 7) is 6.73. The number of carbonyl (C=O) groups is 1. The van der Waals surface area contributed by atoms with Gasteiger partial charge in [-0.1, -0.05) is 42.1 Å². The zero-order valence-electron chi connectivity index (χ0n) is 17.3. The maximum Gasteiger partial charge on any atom is 0.277 e. The van der Waals surface area contributed by atoms with Crippen LogP contribution in [0.4, 0.5) is 0 Å². The van der Waals surface area contributed by atoms with E-state index < -0.39 is 0 Å². The van der Waals surface area contributed by atoms with Crippen molar-refractivity contribution < 1.29 is 14.3 Å². The Bertz CT molecular complexity index is 796. The lowest BCUT2D eigenvalue weighted by molar-refractivity contribution is -0.123. The number of rotatable bonds is 11. The fourth-order valence-electron chi connectivity index (χ4n) is 2.84. The van der Waals surface area contributed by atoms with Crippen molar-refractivity contribution in [2.24, 2.45) is 5.10 Å². The van der Waals surface area contributed by atoms with Gasteiger partial charge in [-0.2, -0.15) is 5.10 Å². The van der Waals surface area contributed by atoms with Crippen molar-refractivity contribution in [1.29, 1.82) is 0 Å². The number of nitrogens with one attached hydrogen (secondary N) is 1. The molecule has 0 bridgehead atoms. The lowest BCUT2D eigenvalue weighted by Gasteiger charge is -2.11. The zero-order valence-corrected chi connectivity index (χ0v) is 18.9. The highest BCUT2D eigenvalue weighted by Crippen LogP contribution is 2.27. The Hall–Kier alpha value is -2.34. The molecule has 0 fully saturated rings. The second kappa shape index (κ2) is 12.3. The van der Waals surface area contributed by atoms with Crippen molar-refractivity contribution >= 4 is 28.1 Å². The molecule has 0 aliphatic carbocycles. The summed E-state index contributed by atoms with van der Waals surface area (Å²) >= 11 is 3.45. The van der Waals surface area contributed by atoms with E-state index in [0.29, 0.717) is 0 Å². The second-order valence-corrected chi connectivity index (χ2v) is 7.84. The summed E-state index contributed by atoms with van der Waals surface area (Å²) in [5, 5.41) is 3.99. The van der Waals surface area contributed by atoms with Gasteiger partial charge in [0.15, 0.2) is 6.61 Å². The number of hydrogen-bond donors (Lipinski definition) is 1. The number of aryl methyl sites for hydroxylation is 2. The SMILES string of the molecule is CCCCCCOc1ccc(/C=N/NC(=O)COc2c(C)cc(Br)cc2C)cc1. The van der Waals surface area contributed by atoms with E-state index in [9.17, 15) is 4.79 Å². The van der Waals surface area contributed by atoms with E-state index in [1.165, 1.54) is 19.3 Å². The summed E-state index contributed by atoms with van der Waals surface area (Å²) < 4.78 is 12.3. The molecule has 1 amide bonds. The van der Waals surface area contributed by atoms with Crippen LogP contribution in [0.5, 0.6) is 11.5 Å².